The fourth-order valence-corrected chi connectivity index (χ4v) is 4.45. The summed E-state index contributed by atoms with van der Waals surface area (Å²) in [5, 5.41) is 16.1. The summed E-state index contributed by atoms with van der Waals surface area (Å²) in [7, 11) is 1.79. The third-order valence-corrected chi connectivity index (χ3v) is 7.26. The molecule has 0 bridgehead atoms. The van der Waals surface area contributed by atoms with Crippen LogP contribution in [0.4, 0.5) is 24.8 Å². The lowest BCUT2D eigenvalue weighted by molar-refractivity contribution is -0.0317. The summed E-state index contributed by atoms with van der Waals surface area (Å²) in [5.74, 6) is -1.45. The average molecular weight is 519 g/mol. The molecule has 0 unspecified atom stereocenters. The van der Waals surface area contributed by atoms with Crippen LogP contribution >= 0.6 is 11.6 Å². The quantitative estimate of drug-likeness (QED) is 0.371. The SMILES string of the molecule is Cn1nccc1Nc1cc(-c2cc3n(c2)CC(F)(F)Cn2c-3nnc2C(C)(C)C(C)(C)F)c(Cl)cn1. The van der Waals surface area contributed by atoms with E-state index in [1.165, 1.54) is 29.2 Å². The van der Waals surface area contributed by atoms with Crippen LogP contribution in [0.15, 0.2) is 36.8 Å². The van der Waals surface area contributed by atoms with Gasteiger partial charge in [0.2, 0.25) is 0 Å². The van der Waals surface area contributed by atoms with E-state index in [1.807, 2.05) is 0 Å². The highest BCUT2D eigenvalue weighted by molar-refractivity contribution is 6.33. The second-order valence-corrected chi connectivity index (χ2v) is 10.6. The zero-order valence-electron chi connectivity index (χ0n) is 20.5. The van der Waals surface area contributed by atoms with Crippen molar-refractivity contribution in [2.75, 3.05) is 5.32 Å². The molecule has 0 aromatic carbocycles. The van der Waals surface area contributed by atoms with E-state index in [9.17, 15) is 0 Å². The van der Waals surface area contributed by atoms with Crippen molar-refractivity contribution >= 4 is 23.2 Å². The van der Waals surface area contributed by atoms with Crippen molar-refractivity contribution in [2.24, 2.45) is 7.05 Å². The second kappa shape index (κ2) is 8.09. The number of aryl methyl sites for hydroxylation is 1. The molecule has 1 N–H and O–H groups in total. The number of anilines is 2. The van der Waals surface area contributed by atoms with Gasteiger partial charge in [0.1, 0.15) is 23.1 Å². The van der Waals surface area contributed by atoms with E-state index >= 15 is 13.2 Å². The molecule has 0 amide bonds. The monoisotopic (exact) mass is 518 g/mol. The predicted octanol–water partition coefficient (Wildman–Crippen LogP) is 5.61. The van der Waals surface area contributed by atoms with Crippen LogP contribution in [-0.2, 0) is 25.6 Å². The molecule has 12 heteroatoms. The molecule has 36 heavy (non-hydrogen) atoms. The first-order valence-electron chi connectivity index (χ1n) is 11.4. The first kappa shape index (κ1) is 24.4. The first-order valence-corrected chi connectivity index (χ1v) is 11.8. The van der Waals surface area contributed by atoms with Gasteiger partial charge in [0, 0.05) is 36.6 Å². The molecule has 0 spiro atoms. The molecule has 8 nitrogen and oxygen atoms in total. The average Bonchev–Trinajstić information content (AvgIpc) is 3.46. The standard InChI is InChI=1S/C24H26ClF3N8/c1-22(2,23(3,4)26)21-33-32-20-17-8-14(11-35(17)12-24(27,28)13-36(20)21)15-9-18(29-10-16(15)25)31-19-6-7-30-34(19)5/h6-11H,12-13H2,1-5H3,(H,29,31). The Morgan fingerprint density at radius 3 is 2.53 bits per heavy atom. The van der Waals surface area contributed by atoms with Crippen LogP contribution < -0.4 is 5.32 Å². The fourth-order valence-electron chi connectivity index (χ4n) is 4.23. The van der Waals surface area contributed by atoms with Crippen molar-refractivity contribution in [1.29, 1.82) is 0 Å². The normalized spacial score (nSPS) is 15.4. The first-order chi connectivity index (χ1) is 16.8. The third-order valence-electron chi connectivity index (χ3n) is 6.96. The summed E-state index contributed by atoms with van der Waals surface area (Å²) in [5.41, 5.74) is -1.20. The maximum atomic E-state index is 15.1. The molecule has 0 saturated heterocycles. The molecule has 0 radical (unpaired) electrons. The van der Waals surface area contributed by atoms with Crippen molar-refractivity contribution in [3.63, 3.8) is 0 Å². The number of hydrogen-bond donors (Lipinski definition) is 1. The fraction of sp³-hybridized carbons (Fsp3) is 0.417. The molecule has 190 valence electrons. The van der Waals surface area contributed by atoms with Gasteiger partial charge in [0.05, 0.1) is 35.4 Å². The van der Waals surface area contributed by atoms with E-state index < -0.39 is 30.1 Å². The summed E-state index contributed by atoms with van der Waals surface area (Å²) < 4.78 is 49.7. The van der Waals surface area contributed by atoms with E-state index in [0.717, 1.165) is 5.82 Å². The third kappa shape index (κ3) is 4.04. The van der Waals surface area contributed by atoms with Gasteiger partial charge in [-0.1, -0.05) is 11.6 Å². The van der Waals surface area contributed by atoms with Gasteiger partial charge < -0.3 is 14.5 Å². The molecule has 5 rings (SSSR count). The highest BCUT2D eigenvalue weighted by atomic mass is 35.5. The minimum Gasteiger partial charge on any atom is -0.338 e. The molecule has 1 aliphatic heterocycles. The van der Waals surface area contributed by atoms with Crippen molar-refractivity contribution in [1.82, 2.24) is 34.1 Å². The van der Waals surface area contributed by atoms with Gasteiger partial charge >= 0.3 is 0 Å². The Kier molecular flexibility index (Phi) is 5.47. The van der Waals surface area contributed by atoms with Crippen molar-refractivity contribution < 1.29 is 13.2 Å². The maximum absolute atomic E-state index is 15.1. The Bertz CT molecular complexity index is 1440. The smallest absolute Gasteiger partial charge is 0.283 e. The molecular formula is C24H26ClF3N8. The van der Waals surface area contributed by atoms with Crippen LogP contribution in [0, 0.1) is 0 Å². The molecular weight excluding hydrogens is 493 g/mol. The van der Waals surface area contributed by atoms with Gasteiger partial charge in [-0.25, -0.2) is 18.2 Å². The molecule has 0 fully saturated rings. The van der Waals surface area contributed by atoms with Crippen molar-refractivity contribution in [3.05, 3.63) is 47.6 Å². The topological polar surface area (TPSA) is 78.4 Å². The summed E-state index contributed by atoms with van der Waals surface area (Å²) in [6, 6.07) is 5.28. The predicted molar refractivity (Wildman–Crippen MR) is 131 cm³/mol. The van der Waals surface area contributed by atoms with Crippen LogP contribution in [-0.4, -0.2) is 45.7 Å². The molecule has 4 aromatic rings. The largest absolute Gasteiger partial charge is 0.338 e. The Labute approximate surface area is 211 Å². The Balaban J connectivity index is 1.61. The minimum atomic E-state index is -3.11. The number of fused-ring (bicyclic) bond motifs is 3. The van der Waals surface area contributed by atoms with Gasteiger partial charge in [0.25, 0.3) is 5.92 Å². The molecule has 1 aliphatic rings. The lowest BCUT2D eigenvalue weighted by atomic mass is 9.77. The van der Waals surface area contributed by atoms with E-state index in [4.69, 9.17) is 11.6 Å². The molecule has 0 aliphatic carbocycles. The Hall–Kier alpha value is -3.34. The summed E-state index contributed by atoms with van der Waals surface area (Å²) in [6.07, 6.45) is 4.77. The van der Waals surface area contributed by atoms with Crippen molar-refractivity contribution in [2.45, 2.75) is 57.8 Å². The van der Waals surface area contributed by atoms with Crippen LogP contribution in [0.2, 0.25) is 5.02 Å². The van der Waals surface area contributed by atoms with Gasteiger partial charge in [-0.3, -0.25) is 4.68 Å². The zero-order chi connectivity index (χ0) is 26.0. The van der Waals surface area contributed by atoms with E-state index in [-0.39, 0.29) is 11.6 Å². The number of halogens is 4. The van der Waals surface area contributed by atoms with Gasteiger partial charge in [-0.15, -0.1) is 10.2 Å². The number of hydrogen-bond acceptors (Lipinski definition) is 5. The number of nitrogens with zero attached hydrogens (tertiary/aromatic N) is 7. The molecule has 5 heterocycles. The Morgan fingerprint density at radius 1 is 1.11 bits per heavy atom. The van der Waals surface area contributed by atoms with Crippen LogP contribution in [0.25, 0.3) is 22.6 Å². The van der Waals surface area contributed by atoms with Gasteiger partial charge in [0.15, 0.2) is 5.82 Å². The van der Waals surface area contributed by atoms with Crippen LogP contribution in [0.3, 0.4) is 0 Å². The lowest BCUT2D eigenvalue weighted by Crippen LogP contribution is -2.42. The highest BCUT2D eigenvalue weighted by Crippen LogP contribution is 2.42. The van der Waals surface area contributed by atoms with Gasteiger partial charge in [-0.2, -0.15) is 5.10 Å². The van der Waals surface area contributed by atoms with E-state index in [0.29, 0.717) is 27.7 Å². The van der Waals surface area contributed by atoms with Crippen LogP contribution in [0.1, 0.15) is 33.5 Å². The number of nitrogens with one attached hydrogen (secondary N) is 1. The van der Waals surface area contributed by atoms with Crippen LogP contribution in [0.5, 0.6) is 0 Å². The number of alkyl halides is 3. The zero-order valence-corrected chi connectivity index (χ0v) is 21.3. The summed E-state index contributed by atoms with van der Waals surface area (Å²) in [6.45, 7) is 4.90. The maximum Gasteiger partial charge on any atom is 0.283 e. The number of rotatable bonds is 5. The van der Waals surface area contributed by atoms with Crippen molar-refractivity contribution in [3.8, 4) is 22.6 Å². The Morgan fingerprint density at radius 2 is 1.86 bits per heavy atom. The lowest BCUT2D eigenvalue weighted by Gasteiger charge is -2.34. The number of aromatic nitrogens is 7. The highest BCUT2D eigenvalue weighted by Gasteiger charge is 2.46. The van der Waals surface area contributed by atoms with E-state index in [1.54, 1.807) is 56.2 Å². The molecule has 0 saturated carbocycles. The summed E-state index contributed by atoms with van der Waals surface area (Å²) >= 11 is 6.47. The second-order valence-electron chi connectivity index (χ2n) is 10.1. The molecule has 0 atom stereocenters. The van der Waals surface area contributed by atoms with Gasteiger partial charge in [-0.05, 0) is 39.8 Å². The molecule has 4 aromatic heterocycles. The minimum absolute atomic E-state index is 0.172. The summed E-state index contributed by atoms with van der Waals surface area (Å²) in [4.78, 5) is 4.32. The number of pyridine rings is 1. The van der Waals surface area contributed by atoms with E-state index in [2.05, 4.69) is 25.6 Å².